The Balaban J connectivity index is 1.08. The third-order valence-corrected chi connectivity index (χ3v) is 11.4. The molecule has 2 atom stereocenters. The smallest absolute Gasteiger partial charge is 0.189 e. The Morgan fingerprint density at radius 2 is 1.17 bits per heavy atom. The number of fused-ring (bicyclic) bond motifs is 3. The molecule has 7 aromatic carbocycles. The van der Waals surface area contributed by atoms with E-state index in [9.17, 15) is 0 Å². The fraction of sp³-hybridized carbons (Fsp3) is 0.0612. The van der Waals surface area contributed by atoms with Crippen LogP contribution in [-0.2, 0) is 0 Å². The summed E-state index contributed by atoms with van der Waals surface area (Å²) in [5, 5.41) is 9.00. The van der Waals surface area contributed by atoms with Crippen LogP contribution in [0.25, 0.3) is 60.3 Å². The van der Waals surface area contributed by atoms with Crippen molar-refractivity contribution in [3.05, 3.63) is 204 Å². The molecule has 4 heteroatoms. The molecule has 2 unspecified atom stereocenters. The molecular formula is C49H40N3S+. The van der Waals surface area contributed by atoms with Crippen LogP contribution < -0.4 is 10.6 Å². The summed E-state index contributed by atoms with van der Waals surface area (Å²) in [6.45, 7) is 0. The zero-order chi connectivity index (χ0) is 35.6. The second-order valence-electron chi connectivity index (χ2n) is 13.7. The van der Waals surface area contributed by atoms with Gasteiger partial charge in [-0.2, -0.15) is 0 Å². The minimum Gasteiger partial charge on any atom is -0.332 e. The topological polar surface area (TPSA) is 31.9 Å². The first-order valence-corrected chi connectivity index (χ1v) is 19.0. The van der Waals surface area contributed by atoms with Gasteiger partial charge in [-0.1, -0.05) is 152 Å². The number of hydrogen-bond donors (Lipinski definition) is 2. The molecule has 3 nitrogen and oxygen atoms in total. The van der Waals surface area contributed by atoms with Gasteiger partial charge >= 0.3 is 0 Å². The van der Waals surface area contributed by atoms with Crippen molar-refractivity contribution in [2.75, 3.05) is 12.4 Å². The van der Waals surface area contributed by atoms with Crippen molar-refractivity contribution in [1.82, 2.24) is 4.90 Å². The Morgan fingerprint density at radius 1 is 0.547 bits per heavy atom. The Kier molecular flexibility index (Phi) is 8.90. The number of thiophene rings is 1. The summed E-state index contributed by atoms with van der Waals surface area (Å²) in [7, 11) is 2.20. The van der Waals surface area contributed by atoms with Crippen LogP contribution >= 0.6 is 11.3 Å². The Morgan fingerprint density at radius 3 is 1.96 bits per heavy atom. The van der Waals surface area contributed by atoms with Crippen LogP contribution in [-0.4, -0.2) is 18.1 Å². The zero-order valence-electron chi connectivity index (χ0n) is 29.6. The number of anilines is 1. The molecule has 0 aliphatic carbocycles. The summed E-state index contributed by atoms with van der Waals surface area (Å²) in [6, 6.07) is 63.4. The van der Waals surface area contributed by atoms with Crippen molar-refractivity contribution in [3.8, 4) is 22.3 Å². The van der Waals surface area contributed by atoms with Crippen LogP contribution in [0.3, 0.4) is 0 Å². The molecule has 1 aliphatic heterocycles. The summed E-state index contributed by atoms with van der Waals surface area (Å²) in [6.07, 6.45) is 6.92. The van der Waals surface area contributed by atoms with Gasteiger partial charge in [0.25, 0.3) is 0 Å². The average Bonchev–Trinajstić information content (AvgIpc) is 3.60. The summed E-state index contributed by atoms with van der Waals surface area (Å²) in [4.78, 5) is 2.38. The second kappa shape index (κ2) is 14.4. The average molecular weight is 703 g/mol. The lowest BCUT2D eigenvalue weighted by molar-refractivity contribution is -0.733. The van der Waals surface area contributed by atoms with Crippen molar-refractivity contribution in [3.63, 3.8) is 0 Å². The van der Waals surface area contributed by atoms with Gasteiger partial charge in [0.05, 0.1) is 5.70 Å². The van der Waals surface area contributed by atoms with E-state index in [4.69, 9.17) is 0 Å². The first kappa shape index (κ1) is 32.7. The largest absolute Gasteiger partial charge is 0.332 e. The monoisotopic (exact) mass is 702 g/mol. The van der Waals surface area contributed by atoms with Crippen molar-refractivity contribution >= 4 is 55.0 Å². The lowest BCUT2D eigenvalue weighted by Crippen LogP contribution is -2.95. The van der Waals surface area contributed by atoms with Crippen LogP contribution in [0.15, 0.2) is 182 Å². The van der Waals surface area contributed by atoms with Gasteiger partial charge in [-0.15, -0.1) is 11.3 Å². The number of nitrogens with zero attached hydrogens (tertiary/aromatic N) is 1. The number of quaternary nitrogens is 1. The van der Waals surface area contributed by atoms with E-state index in [1.807, 2.05) is 11.3 Å². The van der Waals surface area contributed by atoms with Gasteiger partial charge in [-0.05, 0) is 75.3 Å². The van der Waals surface area contributed by atoms with Gasteiger partial charge in [-0.25, -0.2) is 0 Å². The predicted octanol–water partition coefficient (Wildman–Crippen LogP) is 11.5. The molecule has 256 valence electrons. The number of hydrogen-bond acceptors (Lipinski definition) is 3. The Hall–Kier alpha value is -6.20. The quantitative estimate of drug-likeness (QED) is 0.155. The molecular weight excluding hydrogens is 663 g/mol. The third kappa shape index (κ3) is 6.78. The molecule has 0 amide bonds. The van der Waals surface area contributed by atoms with Gasteiger partial charge in [-0.3, -0.25) is 5.32 Å². The summed E-state index contributed by atoms with van der Waals surface area (Å²) >= 11 is 1.86. The number of benzene rings is 7. The van der Waals surface area contributed by atoms with Gasteiger partial charge in [0.2, 0.25) is 0 Å². The fourth-order valence-electron chi connectivity index (χ4n) is 7.53. The van der Waals surface area contributed by atoms with Gasteiger partial charge in [0, 0.05) is 44.5 Å². The minimum atomic E-state index is 0.00719. The van der Waals surface area contributed by atoms with E-state index in [0.29, 0.717) is 0 Å². The van der Waals surface area contributed by atoms with E-state index >= 15 is 0 Å². The highest BCUT2D eigenvalue weighted by Gasteiger charge is 2.31. The second-order valence-corrected chi connectivity index (χ2v) is 14.8. The first-order chi connectivity index (χ1) is 26.2. The van der Waals surface area contributed by atoms with E-state index in [1.54, 1.807) is 0 Å². The highest BCUT2D eigenvalue weighted by atomic mass is 32.1. The molecule has 3 N–H and O–H groups in total. The molecule has 9 rings (SSSR count). The molecule has 0 saturated carbocycles. The number of nitrogens with one attached hydrogen (secondary N) is 1. The highest BCUT2D eigenvalue weighted by Crippen LogP contribution is 2.37. The van der Waals surface area contributed by atoms with E-state index in [2.05, 4.69) is 217 Å². The lowest BCUT2D eigenvalue weighted by atomic mass is 9.96. The van der Waals surface area contributed by atoms with Crippen molar-refractivity contribution in [2.45, 2.75) is 12.3 Å². The molecule has 0 spiro atoms. The van der Waals surface area contributed by atoms with Crippen LogP contribution in [0.2, 0.25) is 0 Å². The normalized spacial score (nSPS) is 15.9. The van der Waals surface area contributed by atoms with Crippen LogP contribution in [0.4, 0.5) is 5.69 Å². The zero-order valence-corrected chi connectivity index (χ0v) is 30.4. The van der Waals surface area contributed by atoms with E-state index < -0.39 is 0 Å². The maximum Gasteiger partial charge on any atom is 0.189 e. The molecule has 0 saturated heterocycles. The number of nitrogens with two attached hydrogens (primary N) is 1. The maximum absolute atomic E-state index is 3.94. The molecule has 1 aromatic heterocycles. The van der Waals surface area contributed by atoms with Crippen molar-refractivity contribution in [2.24, 2.45) is 0 Å². The van der Waals surface area contributed by atoms with Gasteiger partial charge in [0.15, 0.2) is 12.3 Å². The summed E-state index contributed by atoms with van der Waals surface area (Å²) in [5.74, 6) is 0. The SMILES string of the molecule is CN1C(c2ccccc2)=CC(Nc2ccc(-c3cccc(-c4ccc5sc6ccccc6c5c4)c3)cc2/C=C\c2ccccc2)[NH2+]C1c1ccccc1. The fourth-order valence-corrected chi connectivity index (χ4v) is 8.61. The van der Waals surface area contributed by atoms with E-state index in [0.717, 1.165) is 11.3 Å². The molecule has 0 radical (unpaired) electrons. The first-order valence-electron chi connectivity index (χ1n) is 18.2. The highest BCUT2D eigenvalue weighted by molar-refractivity contribution is 7.25. The minimum absolute atomic E-state index is 0.00719. The molecule has 2 heterocycles. The third-order valence-electron chi connectivity index (χ3n) is 10.3. The van der Waals surface area contributed by atoms with Crippen molar-refractivity contribution < 1.29 is 5.32 Å². The van der Waals surface area contributed by atoms with Gasteiger partial charge in [0.1, 0.15) is 0 Å². The Bertz CT molecular complexity index is 2590. The van der Waals surface area contributed by atoms with Crippen LogP contribution in [0.1, 0.15) is 28.4 Å². The number of rotatable bonds is 8. The van der Waals surface area contributed by atoms with Gasteiger partial charge < -0.3 is 10.2 Å². The van der Waals surface area contributed by atoms with E-state index in [1.165, 1.54) is 64.8 Å². The standard InChI is InChI=1S/C49H39N3S/c1-52-45(35-16-7-3-8-17-35)33-48(51-49(52)36-18-9-4-10-19-36)50-44-28-26-39(31-41(44)25-24-34-14-5-2-6-15-34)37-20-13-21-38(30-37)40-27-29-47-43(32-40)42-22-11-12-23-46(42)53-47/h2-33,48-51H,1H3/p+1/b25-24-. The molecule has 0 bridgehead atoms. The van der Waals surface area contributed by atoms with Crippen LogP contribution in [0, 0.1) is 0 Å². The van der Waals surface area contributed by atoms with E-state index in [-0.39, 0.29) is 12.3 Å². The Labute approximate surface area is 315 Å². The maximum atomic E-state index is 3.94. The summed E-state index contributed by atoms with van der Waals surface area (Å²) < 4.78 is 2.66. The molecule has 8 aromatic rings. The molecule has 53 heavy (non-hydrogen) atoms. The molecule has 1 aliphatic rings. The predicted molar refractivity (Wildman–Crippen MR) is 226 cm³/mol. The van der Waals surface area contributed by atoms with Crippen LogP contribution in [0.5, 0.6) is 0 Å². The molecule has 0 fully saturated rings. The van der Waals surface area contributed by atoms with Crippen molar-refractivity contribution in [1.29, 1.82) is 0 Å². The lowest BCUT2D eigenvalue weighted by Gasteiger charge is -2.37. The summed E-state index contributed by atoms with van der Waals surface area (Å²) in [5.41, 5.74) is 11.9.